The second kappa shape index (κ2) is 7.51. The summed E-state index contributed by atoms with van der Waals surface area (Å²) < 4.78 is 5.20. The predicted molar refractivity (Wildman–Crippen MR) is 94.4 cm³/mol. The van der Waals surface area contributed by atoms with Gasteiger partial charge in [-0.3, -0.25) is 4.79 Å². The van der Waals surface area contributed by atoms with Gasteiger partial charge in [0, 0.05) is 29.7 Å². The van der Waals surface area contributed by atoms with Gasteiger partial charge in [0.1, 0.15) is 5.75 Å². The summed E-state index contributed by atoms with van der Waals surface area (Å²) in [6.07, 6.45) is 2.47. The molecular formula is C18H22N2O2S. The number of nitrogens with zero attached hydrogens (tertiary/aromatic N) is 1. The Morgan fingerprint density at radius 2 is 2.00 bits per heavy atom. The van der Waals surface area contributed by atoms with Crippen LogP contribution in [0.3, 0.4) is 0 Å². The molecule has 1 saturated heterocycles. The van der Waals surface area contributed by atoms with Crippen LogP contribution in [0.25, 0.3) is 0 Å². The second-order valence-corrected chi connectivity index (χ2v) is 6.82. The Labute approximate surface area is 141 Å². The molecule has 1 fully saturated rings. The maximum atomic E-state index is 12.1. The van der Waals surface area contributed by atoms with Crippen molar-refractivity contribution in [2.45, 2.75) is 25.3 Å². The van der Waals surface area contributed by atoms with Gasteiger partial charge in [-0.15, -0.1) is 11.3 Å². The standard InChI is InChI=1S/C18H22N2O2S/c1-22-16-6-4-15(5-7-16)20-10-8-14(9-11-20)19-18(21)13-17-3-2-12-23-17/h2-7,12,14H,8-11,13H2,1H3,(H,19,21). The summed E-state index contributed by atoms with van der Waals surface area (Å²) in [5.41, 5.74) is 1.22. The van der Waals surface area contributed by atoms with E-state index in [-0.39, 0.29) is 11.9 Å². The molecule has 5 heteroatoms. The molecule has 23 heavy (non-hydrogen) atoms. The monoisotopic (exact) mass is 330 g/mol. The Bertz CT molecular complexity index is 617. The average molecular weight is 330 g/mol. The number of carbonyl (C=O) groups excluding carboxylic acids is 1. The van der Waals surface area contributed by atoms with Crippen LogP contribution < -0.4 is 15.0 Å². The number of amides is 1. The minimum atomic E-state index is 0.135. The van der Waals surface area contributed by atoms with E-state index in [0.717, 1.165) is 36.6 Å². The Morgan fingerprint density at radius 3 is 2.61 bits per heavy atom. The van der Waals surface area contributed by atoms with Crippen molar-refractivity contribution in [2.75, 3.05) is 25.1 Å². The lowest BCUT2D eigenvalue weighted by atomic mass is 10.0. The van der Waals surface area contributed by atoms with Gasteiger partial charge in [0.15, 0.2) is 0 Å². The molecule has 3 rings (SSSR count). The van der Waals surface area contributed by atoms with Gasteiger partial charge in [-0.1, -0.05) is 6.07 Å². The molecule has 0 saturated carbocycles. The van der Waals surface area contributed by atoms with E-state index >= 15 is 0 Å². The number of ether oxygens (including phenoxy) is 1. The quantitative estimate of drug-likeness (QED) is 0.916. The van der Waals surface area contributed by atoms with Crippen LogP contribution in [0.4, 0.5) is 5.69 Å². The van der Waals surface area contributed by atoms with Crippen molar-refractivity contribution >= 4 is 22.9 Å². The van der Waals surface area contributed by atoms with Crippen LogP contribution in [0, 0.1) is 0 Å². The third kappa shape index (κ3) is 4.26. The van der Waals surface area contributed by atoms with E-state index < -0.39 is 0 Å². The van der Waals surface area contributed by atoms with Gasteiger partial charge >= 0.3 is 0 Å². The summed E-state index contributed by atoms with van der Waals surface area (Å²) in [5, 5.41) is 5.18. The third-order valence-corrected chi connectivity index (χ3v) is 5.09. The number of piperidine rings is 1. The van der Waals surface area contributed by atoms with Gasteiger partial charge in [-0.25, -0.2) is 0 Å². The van der Waals surface area contributed by atoms with Crippen LogP contribution >= 0.6 is 11.3 Å². The van der Waals surface area contributed by atoms with Gasteiger partial charge in [-0.05, 0) is 48.6 Å². The molecule has 0 bridgehead atoms. The second-order valence-electron chi connectivity index (χ2n) is 5.78. The molecule has 0 aliphatic carbocycles. The molecule has 0 radical (unpaired) electrons. The number of hydrogen-bond donors (Lipinski definition) is 1. The summed E-state index contributed by atoms with van der Waals surface area (Å²) in [7, 11) is 1.68. The van der Waals surface area contributed by atoms with Crippen molar-refractivity contribution in [1.82, 2.24) is 5.32 Å². The van der Waals surface area contributed by atoms with Crippen LogP contribution in [-0.4, -0.2) is 32.1 Å². The first kappa shape index (κ1) is 15.9. The molecule has 0 unspecified atom stereocenters. The van der Waals surface area contributed by atoms with Crippen LogP contribution in [0.15, 0.2) is 41.8 Å². The third-order valence-electron chi connectivity index (χ3n) is 4.21. The number of rotatable bonds is 5. The van der Waals surface area contributed by atoms with Gasteiger partial charge < -0.3 is 15.0 Å². The Hall–Kier alpha value is -2.01. The first-order valence-electron chi connectivity index (χ1n) is 7.95. The molecule has 0 atom stereocenters. The molecule has 2 heterocycles. The highest BCUT2D eigenvalue weighted by molar-refractivity contribution is 7.10. The lowest BCUT2D eigenvalue weighted by molar-refractivity contribution is -0.121. The fraction of sp³-hybridized carbons (Fsp3) is 0.389. The molecule has 2 aromatic rings. The minimum absolute atomic E-state index is 0.135. The highest BCUT2D eigenvalue weighted by Gasteiger charge is 2.21. The van der Waals surface area contributed by atoms with Crippen molar-refractivity contribution in [3.05, 3.63) is 46.7 Å². The van der Waals surface area contributed by atoms with Gasteiger partial charge in [-0.2, -0.15) is 0 Å². The summed E-state index contributed by atoms with van der Waals surface area (Å²) in [6, 6.07) is 12.5. The number of hydrogen-bond acceptors (Lipinski definition) is 4. The Morgan fingerprint density at radius 1 is 1.26 bits per heavy atom. The maximum absolute atomic E-state index is 12.1. The van der Waals surface area contributed by atoms with E-state index in [2.05, 4.69) is 22.3 Å². The zero-order valence-corrected chi connectivity index (χ0v) is 14.1. The van der Waals surface area contributed by atoms with E-state index in [1.54, 1.807) is 18.4 Å². The fourth-order valence-corrected chi connectivity index (χ4v) is 3.63. The molecule has 1 aromatic heterocycles. The predicted octanol–water partition coefficient (Wildman–Crippen LogP) is 3.08. The van der Waals surface area contributed by atoms with E-state index in [0.29, 0.717) is 6.42 Å². The van der Waals surface area contributed by atoms with E-state index in [9.17, 15) is 4.79 Å². The van der Waals surface area contributed by atoms with Crippen LogP contribution in [0.5, 0.6) is 5.75 Å². The van der Waals surface area contributed by atoms with Crippen molar-refractivity contribution in [1.29, 1.82) is 0 Å². The lowest BCUT2D eigenvalue weighted by Crippen LogP contribution is -2.45. The van der Waals surface area contributed by atoms with Crippen molar-refractivity contribution in [3.63, 3.8) is 0 Å². The number of nitrogens with one attached hydrogen (secondary N) is 1. The molecule has 1 aliphatic heterocycles. The number of thiophene rings is 1. The summed E-state index contributed by atoms with van der Waals surface area (Å²) in [4.78, 5) is 15.6. The summed E-state index contributed by atoms with van der Waals surface area (Å²) in [5.74, 6) is 1.01. The van der Waals surface area contributed by atoms with Crippen molar-refractivity contribution < 1.29 is 9.53 Å². The van der Waals surface area contributed by atoms with Gasteiger partial charge in [0.2, 0.25) is 5.91 Å². The zero-order chi connectivity index (χ0) is 16.1. The number of carbonyl (C=O) groups is 1. The first-order valence-corrected chi connectivity index (χ1v) is 8.83. The Kier molecular flexibility index (Phi) is 5.18. The smallest absolute Gasteiger partial charge is 0.225 e. The first-order chi connectivity index (χ1) is 11.2. The normalized spacial score (nSPS) is 15.4. The molecule has 1 amide bonds. The summed E-state index contributed by atoms with van der Waals surface area (Å²) >= 11 is 1.63. The topological polar surface area (TPSA) is 41.6 Å². The summed E-state index contributed by atoms with van der Waals surface area (Å²) in [6.45, 7) is 1.94. The molecule has 1 aromatic carbocycles. The largest absolute Gasteiger partial charge is 0.497 e. The highest BCUT2D eigenvalue weighted by atomic mass is 32.1. The van der Waals surface area contributed by atoms with Crippen LogP contribution in [0.1, 0.15) is 17.7 Å². The van der Waals surface area contributed by atoms with E-state index in [4.69, 9.17) is 4.74 Å². The van der Waals surface area contributed by atoms with Gasteiger partial charge in [0.05, 0.1) is 13.5 Å². The number of anilines is 1. The molecule has 1 aliphatic rings. The van der Waals surface area contributed by atoms with Crippen LogP contribution in [-0.2, 0) is 11.2 Å². The Balaban J connectivity index is 1.47. The van der Waals surface area contributed by atoms with E-state index in [1.807, 2.05) is 29.6 Å². The molecule has 4 nitrogen and oxygen atoms in total. The van der Waals surface area contributed by atoms with Gasteiger partial charge in [0.25, 0.3) is 0 Å². The minimum Gasteiger partial charge on any atom is -0.497 e. The fourth-order valence-electron chi connectivity index (χ4n) is 2.93. The maximum Gasteiger partial charge on any atom is 0.225 e. The molecule has 0 spiro atoms. The average Bonchev–Trinajstić information content (AvgIpc) is 3.08. The molecule has 1 N–H and O–H groups in total. The lowest BCUT2D eigenvalue weighted by Gasteiger charge is -2.34. The molecule has 122 valence electrons. The van der Waals surface area contributed by atoms with Crippen molar-refractivity contribution in [3.8, 4) is 5.75 Å². The number of benzene rings is 1. The van der Waals surface area contributed by atoms with E-state index in [1.165, 1.54) is 5.69 Å². The highest BCUT2D eigenvalue weighted by Crippen LogP contribution is 2.23. The van der Waals surface area contributed by atoms with Crippen LogP contribution in [0.2, 0.25) is 0 Å². The number of methoxy groups -OCH3 is 1. The van der Waals surface area contributed by atoms with Crippen molar-refractivity contribution in [2.24, 2.45) is 0 Å². The molecular weight excluding hydrogens is 308 g/mol. The zero-order valence-electron chi connectivity index (χ0n) is 13.3. The SMILES string of the molecule is COc1ccc(N2CCC(NC(=O)Cc3cccs3)CC2)cc1.